The number of nitro groups is 1. The Balaban J connectivity index is 1.87. The number of rotatable bonds is 20. The fourth-order valence-electron chi connectivity index (χ4n) is 3.80. The van der Waals surface area contributed by atoms with Gasteiger partial charge in [0.05, 0.1) is 11.1 Å². The van der Waals surface area contributed by atoms with Crippen LogP contribution in [0.5, 0.6) is 0 Å². The third-order valence-corrected chi connectivity index (χ3v) is 6.01. The molecule has 0 amide bonds. The summed E-state index contributed by atoms with van der Waals surface area (Å²) in [6.45, 7) is 3.11. The average Bonchev–Trinajstić information content (AvgIpc) is 2.81. The second-order valence-electron chi connectivity index (χ2n) is 8.78. The van der Waals surface area contributed by atoms with Crippen molar-refractivity contribution in [2.24, 2.45) is 5.10 Å². The highest BCUT2D eigenvalue weighted by Gasteiger charge is 2.04. The molecule has 0 aliphatic heterocycles. The zero-order chi connectivity index (χ0) is 24.0. The van der Waals surface area contributed by atoms with Gasteiger partial charge in [-0.3, -0.25) is 15.5 Å². The number of hydrogen-bond acceptors (Lipinski definition) is 4. The van der Waals surface area contributed by atoms with E-state index >= 15 is 0 Å². The van der Waals surface area contributed by atoms with Gasteiger partial charge in [0.2, 0.25) is 0 Å². The fourth-order valence-corrected chi connectivity index (χ4v) is 3.95. The Hall–Kier alpha value is -2.02. The Bertz CT molecular complexity index is 682. The van der Waals surface area contributed by atoms with Crippen molar-refractivity contribution in [3.05, 3.63) is 39.9 Å². The molecule has 0 aliphatic carbocycles. The molecule has 1 rings (SSSR count). The van der Waals surface area contributed by atoms with Crippen LogP contribution in [0.1, 0.15) is 115 Å². The fraction of sp³-hybridized carbons (Fsp3) is 0.692. The van der Waals surface area contributed by atoms with Crippen LogP contribution < -0.4 is 10.7 Å². The van der Waals surface area contributed by atoms with E-state index in [2.05, 4.69) is 22.8 Å². The number of benzene rings is 1. The SMILES string of the molecule is CCCCCCCCCCCCCCCCCCNC(=S)NN=Cc1cccc([N+](=O)[O-])c1. The molecule has 186 valence electrons. The number of unbranched alkanes of at least 4 members (excludes halogenated alkanes) is 15. The molecular weight excluding hydrogens is 432 g/mol. The van der Waals surface area contributed by atoms with E-state index in [0.717, 1.165) is 13.0 Å². The number of hydrazone groups is 1. The number of non-ortho nitro benzene ring substituents is 1. The number of nitro benzene ring substituents is 1. The summed E-state index contributed by atoms with van der Waals surface area (Å²) < 4.78 is 0. The van der Waals surface area contributed by atoms with Crippen LogP contribution in [0.15, 0.2) is 29.4 Å². The van der Waals surface area contributed by atoms with Crippen LogP contribution in [0.4, 0.5) is 5.69 Å². The van der Waals surface area contributed by atoms with Crippen LogP contribution >= 0.6 is 12.2 Å². The number of hydrogen-bond donors (Lipinski definition) is 2. The number of thiocarbonyl (C=S) groups is 1. The van der Waals surface area contributed by atoms with E-state index in [1.54, 1.807) is 12.1 Å². The number of nitrogens with one attached hydrogen (secondary N) is 2. The molecule has 0 aliphatic rings. The van der Waals surface area contributed by atoms with Crippen molar-refractivity contribution in [3.63, 3.8) is 0 Å². The summed E-state index contributed by atoms with van der Waals surface area (Å²) in [5.74, 6) is 0. The first-order valence-electron chi connectivity index (χ1n) is 12.9. The highest BCUT2D eigenvalue weighted by molar-refractivity contribution is 7.80. The van der Waals surface area contributed by atoms with Crippen molar-refractivity contribution in [1.82, 2.24) is 10.7 Å². The van der Waals surface area contributed by atoms with Crippen LogP contribution in [0.2, 0.25) is 0 Å². The van der Waals surface area contributed by atoms with Gasteiger partial charge in [0.25, 0.3) is 5.69 Å². The Kier molecular flexibility index (Phi) is 18.1. The normalized spacial score (nSPS) is 11.1. The van der Waals surface area contributed by atoms with Crippen LogP contribution in [0.25, 0.3) is 0 Å². The molecule has 1 aromatic carbocycles. The van der Waals surface area contributed by atoms with Crippen LogP contribution in [0, 0.1) is 10.1 Å². The molecule has 0 saturated heterocycles. The first kappa shape index (κ1) is 29.0. The largest absolute Gasteiger partial charge is 0.361 e. The molecule has 0 bridgehead atoms. The first-order valence-corrected chi connectivity index (χ1v) is 13.4. The lowest BCUT2D eigenvalue weighted by atomic mass is 10.0. The molecule has 0 radical (unpaired) electrons. The van der Waals surface area contributed by atoms with Crippen molar-refractivity contribution in [3.8, 4) is 0 Å². The van der Waals surface area contributed by atoms with E-state index in [1.165, 1.54) is 115 Å². The van der Waals surface area contributed by atoms with Crippen molar-refractivity contribution in [1.29, 1.82) is 0 Å². The lowest BCUT2D eigenvalue weighted by Gasteiger charge is -2.07. The smallest absolute Gasteiger partial charge is 0.270 e. The van der Waals surface area contributed by atoms with Crippen molar-refractivity contribution >= 4 is 29.2 Å². The quantitative estimate of drug-likeness (QED) is 0.0664. The molecule has 33 heavy (non-hydrogen) atoms. The van der Waals surface area contributed by atoms with Crippen LogP contribution in [-0.4, -0.2) is 22.8 Å². The molecule has 0 fully saturated rings. The predicted molar refractivity (Wildman–Crippen MR) is 144 cm³/mol. The van der Waals surface area contributed by atoms with E-state index in [-0.39, 0.29) is 5.69 Å². The average molecular weight is 477 g/mol. The molecule has 0 atom stereocenters. The maximum Gasteiger partial charge on any atom is 0.270 e. The standard InChI is InChI=1S/C26H44N4O2S/c1-2-3-4-5-6-7-8-9-10-11-12-13-14-15-16-17-21-27-26(33)29-28-23-24-19-18-20-25(22-24)30(31)32/h18-20,22-23H,2-17,21H2,1H3,(H2,27,29,33). The summed E-state index contributed by atoms with van der Waals surface area (Å²) in [5.41, 5.74) is 3.45. The molecule has 0 aromatic heterocycles. The summed E-state index contributed by atoms with van der Waals surface area (Å²) in [6.07, 6.45) is 23.3. The Morgan fingerprint density at radius 1 is 0.909 bits per heavy atom. The van der Waals surface area contributed by atoms with E-state index in [0.29, 0.717) is 10.7 Å². The van der Waals surface area contributed by atoms with E-state index < -0.39 is 4.92 Å². The molecule has 6 nitrogen and oxygen atoms in total. The van der Waals surface area contributed by atoms with Crippen LogP contribution in [0.3, 0.4) is 0 Å². The molecule has 0 heterocycles. The van der Waals surface area contributed by atoms with Gasteiger partial charge in [-0.05, 0) is 18.6 Å². The van der Waals surface area contributed by atoms with Gasteiger partial charge >= 0.3 is 0 Å². The van der Waals surface area contributed by atoms with Gasteiger partial charge in [-0.15, -0.1) is 0 Å². The summed E-state index contributed by atoms with van der Waals surface area (Å²) in [4.78, 5) is 10.4. The van der Waals surface area contributed by atoms with Gasteiger partial charge in [-0.25, -0.2) is 0 Å². The molecular formula is C26H44N4O2S. The monoisotopic (exact) mass is 476 g/mol. The minimum atomic E-state index is -0.422. The Morgan fingerprint density at radius 3 is 1.94 bits per heavy atom. The van der Waals surface area contributed by atoms with E-state index in [9.17, 15) is 10.1 Å². The van der Waals surface area contributed by atoms with Gasteiger partial charge in [0.15, 0.2) is 5.11 Å². The van der Waals surface area contributed by atoms with Crippen molar-refractivity contribution < 1.29 is 4.92 Å². The summed E-state index contributed by atoms with van der Waals surface area (Å²) >= 11 is 5.20. The van der Waals surface area contributed by atoms with Crippen LogP contribution in [-0.2, 0) is 0 Å². The lowest BCUT2D eigenvalue weighted by molar-refractivity contribution is -0.384. The summed E-state index contributed by atoms with van der Waals surface area (Å²) in [6, 6.07) is 6.31. The van der Waals surface area contributed by atoms with Gasteiger partial charge in [0.1, 0.15) is 0 Å². The maximum absolute atomic E-state index is 10.8. The zero-order valence-electron chi connectivity index (χ0n) is 20.5. The van der Waals surface area contributed by atoms with E-state index in [4.69, 9.17) is 12.2 Å². The van der Waals surface area contributed by atoms with Crippen molar-refractivity contribution in [2.75, 3.05) is 6.54 Å². The summed E-state index contributed by atoms with van der Waals surface area (Å²) in [7, 11) is 0. The Morgan fingerprint density at radius 2 is 1.42 bits per heavy atom. The summed E-state index contributed by atoms with van der Waals surface area (Å²) in [5, 5.41) is 18.4. The highest BCUT2D eigenvalue weighted by atomic mass is 32.1. The minimum absolute atomic E-state index is 0.0446. The second-order valence-corrected chi connectivity index (χ2v) is 9.19. The first-order chi connectivity index (χ1) is 16.1. The molecule has 2 N–H and O–H groups in total. The third-order valence-electron chi connectivity index (χ3n) is 5.78. The second kappa shape index (κ2) is 20.6. The third kappa shape index (κ3) is 17.2. The van der Waals surface area contributed by atoms with Gasteiger partial charge < -0.3 is 5.32 Å². The molecule has 0 unspecified atom stereocenters. The zero-order valence-corrected chi connectivity index (χ0v) is 21.3. The minimum Gasteiger partial charge on any atom is -0.361 e. The lowest BCUT2D eigenvalue weighted by Crippen LogP contribution is -2.32. The predicted octanol–water partition coefficient (Wildman–Crippen LogP) is 7.65. The van der Waals surface area contributed by atoms with Gasteiger partial charge in [-0.1, -0.05) is 115 Å². The molecule has 1 aromatic rings. The highest BCUT2D eigenvalue weighted by Crippen LogP contribution is 2.14. The van der Waals surface area contributed by atoms with Crippen molar-refractivity contribution in [2.45, 2.75) is 110 Å². The molecule has 0 spiro atoms. The Labute approximate surface area is 206 Å². The molecule has 7 heteroatoms. The van der Waals surface area contributed by atoms with Gasteiger partial charge in [0, 0.05) is 24.2 Å². The number of nitrogens with zero attached hydrogens (tertiary/aromatic N) is 2. The topological polar surface area (TPSA) is 79.6 Å². The van der Waals surface area contributed by atoms with Gasteiger partial charge in [-0.2, -0.15) is 5.10 Å². The maximum atomic E-state index is 10.8. The van der Waals surface area contributed by atoms with E-state index in [1.807, 2.05) is 0 Å². The molecule has 0 saturated carbocycles.